The topological polar surface area (TPSA) is 0 Å². The van der Waals surface area contributed by atoms with Gasteiger partial charge in [0.2, 0.25) is 0 Å². The van der Waals surface area contributed by atoms with Gasteiger partial charge in [0, 0.05) is 5.02 Å². The Morgan fingerprint density at radius 1 is 1.05 bits per heavy atom. The molecule has 0 radical (unpaired) electrons. The zero-order chi connectivity index (χ0) is 14.2. The van der Waals surface area contributed by atoms with E-state index in [1.807, 2.05) is 32.0 Å². The summed E-state index contributed by atoms with van der Waals surface area (Å²) in [6.45, 7) is 4.00. The van der Waals surface area contributed by atoms with Crippen LogP contribution in [0.3, 0.4) is 0 Å². The summed E-state index contributed by atoms with van der Waals surface area (Å²) < 4.78 is 26.5. The van der Waals surface area contributed by atoms with Crippen molar-refractivity contribution in [3.8, 4) is 0 Å². The second-order valence-electron chi connectivity index (χ2n) is 4.44. The normalized spacial score (nSPS) is 12.5. The average Bonchev–Trinajstić information content (AvgIpc) is 2.36. The van der Waals surface area contributed by atoms with E-state index in [9.17, 15) is 8.78 Å². The van der Waals surface area contributed by atoms with E-state index in [2.05, 4.69) is 15.9 Å². The van der Waals surface area contributed by atoms with Crippen LogP contribution in [0.4, 0.5) is 8.78 Å². The Kier molecular flexibility index (Phi) is 4.26. The maximum Gasteiger partial charge on any atom is 0.160 e. The van der Waals surface area contributed by atoms with Crippen LogP contribution in [0.1, 0.15) is 27.1 Å². The van der Waals surface area contributed by atoms with Crippen LogP contribution in [0.25, 0.3) is 0 Å². The second-order valence-corrected chi connectivity index (χ2v) is 5.76. The van der Waals surface area contributed by atoms with Gasteiger partial charge in [-0.05, 0) is 48.2 Å². The highest BCUT2D eigenvalue weighted by molar-refractivity contribution is 9.09. The van der Waals surface area contributed by atoms with Crippen molar-refractivity contribution >= 4 is 27.5 Å². The predicted molar refractivity (Wildman–Crippen MR) is 78.1 cm³/mol. The van der Waals surface area contributed by atoms with Crippen molar-refractivity contribution in [2.45, 2.75) is 18.7 Å². The molecule has 2 aromatic carbocycles. The molecule has 0 bridgehead atoms. The van der Waals surface area contributed by atoms with Crippen molar-refractivity contribution in [3.05, 3.63) is 69.2 Å². The molecule has 0 fully saturated rings. The number of hydrogen-bond donors (Lipinski definition) is 0. The predicted octanol–water partition coefficient (Wildman–Crippen LogP) is 5.72. The van der Waals surface area contributed by atoms with Gasteiger partial charge in [0.05, 0.1) is 4.83 Å². The van der Waals surface area contributed by atoms with Gasteiger partial charge in [0.1, 0.15) is 0 Å². The number of rotatable bonds is 2. The first kappa shape index (κ1) is 14.5. The largest absolute Gasteiger partial charge is 0.204 e. The monoisotopic (exact) mass is 344 g/mol. The van der Waals surface area contributed by atoms with Crippen molar-refractivity contribution in [1.82, 2.24) is 0 Å². The van der Waals surface area contributed by atoms with E-state index in [0.717, 1.165) is 28.8 Å². The molecule has 0 aliphatic heterocycles. The van der Waals surface area contributed by atoms with Gasteiger partial charge < -0.3 is 0 Å². The van der Waals surface area contributed by atoms with Crippen LogP contribution in [0, 0.1) is 25.5 Å². The summed E-state index contributed by atoms with van der Waals surface area (Å²) in [6, 6.07) is 8.02. The highest BCUT2D eigenvalue weighted by Crippen LogP contribution is 2.38. The van der Waals surface area contributed by atoms with Crippen LogP contribution >= 0.6 is 27.5 Å². The molecule has 0 nitrogen and oxygen atoms in total. The van der Waals surface area contributed by atoms with E-state index in [4.69, 9.17) is 11.6 Å². The van der Waals surface area contributed by atoms with Crippen molar-refractivity contribution < 1.29 is 8.78 Å². The van der Waals surface area contributed by atoms with E-state index in [1.54, 1.807) is 0 Å². The fourth-order valence-electron chi connectivity index (χ4n) is 1.95. The zero-order valence-corrected chi connectivity index (χ0v) is 12.8. The molecule has 0 N–H and O–H groups in total. The van der Waals surface area contributed by atoms with Crippen molar-refractivity contribution in [2.24, 2.45) is 0 Å². The maximum atomic E-state index is 13.4. The molecule has 1 atom stereocenters. The van der Waals surface area contributed by atoms with E-state index in [0.29, 0.717) is 5.56 Å². The van der Waals surface area contributed by atoms with Gasteiger partial charge in [0.25, 0.3) is 0 Å². The molecule has 19 heavy (non-hydrogen) atoms. The number of aryl methyl sites for hydroxylation is 1. The van der Waals surface area contributed by atoms with Gasteiger partial charge in [-0.15, -0.1) is 0 Å². The zero-order valence-electron chi connectivity index (χ0n) is 10.5. The lowest BCUT2D eigenvalue weighted by atomic mass is 9.97. The van der Waals surface area contributed by atoms with Crippen LogP contribution in [-0.2, 0) is 0 Å². The lowest BCUT2D eigenvalue weighted by Crippen LogP contribution is -2.00. The molecule has 0 aromatic heterocycles. The van der Waals surface area contributed by atoms with Crippen LogP contribution in [0.5, 0.6) is 0 Å². The van der Waals surface area contributed by atoms with Gasteiger partial charge in [-0.25, -0.2) is 8.78 Å². The Labute approximate surface area is 124 Å². The Morgan fingerprint density at radius 3 is 2.37 bits per heavy atom. The van der Waals surface area contributed by atoms with Gasteiger partial charge in [-0.1, -0.05) is 45.7 Å². The molecule has 2 rings (SSSR count). The lowest BCUT2D eigenvalue weighted by molar-refractivity contribution is 0.507. The first-order valence-corrected chi connectivity index (χ1v) is 7.05. The molecule has 1 unspecified atom stereocenters. The highest BCUT2D eigenvalue weighted by Gasteiger charge is 2.19. The van der Waals surface area contributed by atoms with Gasteiger partial charge in [-0.3, -0.25) is 0 Å². The van der Waals surface area contributed by atoms with Crippen LogP contribution in [0.15, 0.2) is 30.3 Å². The van der Waals surface area contributed by atoms with Crippen molar-refractivity contribution in [1.29, 1.82) is 0 Å². The summed E-state index contributed by atoms with van der Waals surface area (Å²) in [5.41, 5.74) is 3.76. The molecule has 0 saturated carbocycles. The van der Waals surface area contributed by atoms with Crippen LogP contribution in [-0.4, -0.2) is 0 Å². The molecule has 0 spiro atoms. The minimum absolute atomic E-state index is 0.210. The lowest BCUT2D eigenvalue weighted by Gasteiger charge is -2.16. The summed E-state index contributed by atoms with van der Waals surface area (Å²) in [5, 5.41) is 0.210. The van der Waals surface area contributed by atoms with Crippen LogP contribution < -0.4 is 0 Å². The third-order valence-corrected chi connectivity index (χ3v) is 4.55. The van der Waals surface area contributed by atoms with E-state index >= 15 is 0 Å². The molecule has 4 heteroatoms. The number of hydrogen-bond acceptors (Lipinski definition) is 0. The molecule has 0 aliphatic carbocycles. The van der Waals surface area contributed by atoms with Gasteiger partial charge >= 0.3 is 0 Å². The number of halogens is 4. The molecule has 0 amide bonds. The quantitative estimate of drug-likeness (QED) is 0.482. The number of alkyl halides is 1. The minimum Gasteiger partial charge on any atom is -0.204 e. The highest BCUT2D eigenvalue weighted by atomic mass is 79.9. The summed E-state index contributed by atoms with van der Waals surface area (Å²) in [6.07, 6.45) is 0. The molecular weight excluding hydrogens is 334 g/mol. The number of benzene rings is 2. The van der Waals surface area contributed by atoms with Gasteiger partial charge in [0.15, 0.2) is 11.6 Å². The summed E-state index contributed by atoms with van der Waals surface area (Å²) in [5.74, 6) is -1.83. The third-order valence-electron chi connectivity index (χ3n) is 3.23. The van der Waals surface area contributed by atoms with Crippen LogP contribution in [0.2, 0.25) is 5.02 Å². The first-order chi connectivity index (χ1) is 8.91. The minimum atomic E-state index is -0.936. The van der Waals surface area contributed by atoms with Gasteiger partial charge in [-0.2, -0.15) is 0 Å². The molecule has 100 valence electrons. The second kappa shape index (κ2) is 5.59. The third kappa shape index (κ3) is 2.82. The molecule has 2 aromatic rings. The van der Waals surface area contributed by atoms with E-state index in [1.165, 1.54) is 0 Å². The standard InChI is InChI=1S/C15H12BrClF2/c1-8-4-3-5-10(9(8)2)15(16)11-6-13(18)14(19)7-12(11)17/h3-7,15H,1-2H3. The molecular formula is C15H12BrClF2. The van der Waals surface area contributed by atoms with Crippen molar-refractivity contribution in [2.75, 3.05) is 0 Å². The Bertz CT molecular complexity index is 626. The molecule has 0 saturated heterocycles. The van der Waals surface area contributed by atoms with Crippen molar-refractivity contribution in [3.63, 3.8) is 0 Å². The molecule has 0 aliphatic rings. The summed E-state index contributed by atoms with van der Waals surface area (Å²) in [7, 11) is 0. The van der Waals surface area contributed by atoms with E-state index in [-0.39, 0.29) is 9.85 Å². The average molecular weight is 346 g/mol. The fourth-order valence-corrected chi connectivity index (χ4v) is 3.21. The first-order valence-electron chi connectivity index (χ1n) is 5.76. The maximum absolute atomic E-state index is 13.4. The molecule has 0 heterocycles. The van der Waals surface area contributed by atoms with E-state index < -0.39 is 11.6 Å². The SMILES string of the molecule is Cc1cccc(C(Br)c2cc(F)c(F)cc2Cl)c1C. The summed E-state index contributed by atoms with van der Waals surface area (Å²) in [4.78, 5) is -0.269. The Hall–Kier alpha value is -0.930. The Morgan fingerprint density at radius 2 is 1.68 bits per heavy atom. The smallest absolute Gasteiger partial charge is 0.160 e. The Balaban J connectivity index is 2.53. The fraction of sp³-hybridized carbons (Fsp3) is 0.200. The summed E-state index contributed by atoms with van der Waals surface area (Å²) >= 11 is 9.52.